The predicted molar refractivity (Wildman–Crippen MR) is 212 cm³/mol. The Morgan fingerprint density at radius 1 is 0.314 bits per heavy atom. The van der Waals surface area contributed by atoms with E-state index < -0.39 is 0 Å². The summed E-state index contributed by atoms with van der Waals surface area (Å²) in [5, 5.41) is 0. The summed E-state index contributed by atoms with van der Waals surface area (Å²) in [6.45, 7) is 4.79. The van der Waals surface area contributed by atoms with Gasteiger partial charge in [0.2, 0.25) is 0 Å². The van der Waals surface area contributed by atoms with Crippen molar-refractivity contribution in [2.24, 2.45) is 0 Å². The van der Waals surface area contributed by atoms with Crippen molar-refractivity contribution in [3.63, 3.8) is 0 Å². The molecule has 8 aromatic rings. The van der Waals surface area contributed by atoms with Gasteiger partial charge in [0, 0.05) is 30.2 Å². The number of benzene rings is 6. The molecule has 9 rings (SSSR count). The second-order valence-corrected chi connectivity index (χ2v) is 13.9. The smallest absolute Gasteiger partial charge is 0.0346 e. The van der Waals surface area contributed by atoms with Crippen LogP contribution in [0.1, 0.15) is 25.0 Å². The molecule has 0 amide bonds. The van der Waals surface area contributed by atoms with Crippen molar-refractivity contribution >= 4 is 0 Å². The molecule has 6 aromatic carbocycles. The zero-order chi connectivity index (χ0) is 34.4. The van der Waals surface area contributed by atoms with Crippen molar-refractivity contribution in [1.29, 1.82) is 0 Å². The molecule has 2 heteroatoms. The Bertz CT molecular complexity index is 2400. The van der Waals surface area contributed by atoms with Crippen molar-refractivity contribution < 1.29 is 0 Å². The zero-order valence-electron chi connectivity index (χ0n) is 28.7. The van der Waals surface area contributed by atoms with Gasteiger partial charge in [-0.25, -0.2) is 0 Å². The van der Waals surface area contributed by atoms with Crippen LogP contribution < -0.4 is 0 Å². The number of hydrogen-bond donors (Lipinski definition) is 0. The van der Waals surface area contributed by atoms with Crippen molar-refractivity contribution in [2.45, 2.75) is 19.3 Å². The van der Waals surface area contributed by atoms with Crippen LogP contribution in [-0.2, 0) is 5.41 Å². The molecule has 51 heavy (non-hydrogen) atoms. The molecule has 2 heterocycles. The van der Waals surface area contributed by atoms with Gasteiger partial charge >= 0.3 is 0 Å². The Labute approximate surface area is 299 Å². The topological polar surface area (TPSA) is 25.8 Å². The number of aromatic nitrogens is 2. The Hall–Kier alpha value is -6.38. The van der Waals surface area contributed by atoms with Gasteiger partial charge in [0.1, 0.15) is 0 Å². The van der Waals surface area contributed by atoms with Gasteiger partial charge in [-0.05, 0) is 119 Å². The van der Waals surface area contributed by atoms with Crippen molar-refractivity contribution in [1.82, 2.24) is 9.97 Å². The van der Waals surface area contributed by atoms with E-state index in [-0.39, 0.29) is 5.41 Å². The average molecular weight is 653 g/mol. The SMILES string of the molecule is CC1(C)c2c(-c3ccccc3)cccc2-c2cccc(-c3cc(-c4ccc(-c5cccnc5)cc4)cc(-c4ccc(-c5cccnc5)cc4)c3)c21. The van der Waals surface area contributed by atoms with Crippen LogP contribution in [0.5, 0.6) is 0 Å². The third-order valence-electron chi connectivity index (χ3n) is 10.4. The fourth-order valence-corrected chi connectivity index (χ4v) is 8.02. The molecule has 1 aliphatic carbocycles. The molecule has 2 nitrogen and oxygen atoms in total. The highest BCUT2D eigenvalue weighted by Gasteiger charge is 2.39. The summed E-state index contributed by atoms with van der Waals surface area (Å²) < 4.78 is 0. The lowest BCUT2D eigenvalue weighted by Crippen LogP contribution is -2.17. The number of pyridine rings is 2. The Kier molecular flexibility index (Phi) is 7.51. The maximum absolute atomic E-state index is 4.33. The molecule has 0 spiro atoms. The highest BCUT2D eigenvalue weighted by atomic mass is 14.6. The minimum Gasteiger partial charge on any atom is -0.264 e. The molecule has 0 N–H and O–H groups in total. The molecule has 1 aliphatic rings. The summed E-state index contributed by atoms with van der Waals surface area (Å²) >= 11 is 0. The van der Waals surface area contributed by atoms with Gasteiger partial charge in [-0.2, -0.15) is 0 Å². The summed E-state index contributed by atoms with van der Waals surface area (Å²) in [4.78, 5) is 8.66. The van der Waals surface area contributed by atoms with Crippen LogP contribution in [0.4, 0.5) is 0 Å². The lowest BCUT2D eigenvalue weighted by molar-refractivity contribution is 0.664. The van der Waals surface area contributed by atoms with Gasteiger partial charge in [-0.1, -0.05) is 141 Å². The number of hydrogen-bond acceptors (Lipinski definition) is 2. The van der Waals surface area contributed by atoms with E-state index in [2.05, 4.69) is 169 Å². The van der Waals surface area contributed by atoms with Crippen molar-refractivity contribution in [3.8, 4) is 77.9 Å². The highest BCUT2D eigenvalue weighted by molar-refractivity contribution is 5.94. The first-order chi connectivity index (χ1) is 25.0. The molecule has 0 bridgehead atoms. The van der Waals surface area contributed by atoms with E-state index in [0.717, 1.165) is 22.3 Å². The van der Waals surface area contributed by atoms with E-state index >= 15 is 0 Å². The molecule has 0 saturated heterocycles. The monoisotopic (exact) mass is 652 g/mol. The average Bonchev–Trinajstić information content (AvgIpc) is 3.45. The lowest BCUT2D eigenvalue weighted by Gasteiger charge is -2.27. The predicted octanol–water partition coefficient (Wildman–Crippen LogP) is 12.8. The third kappa shape index (κ3) is 5.46. The molecule has 0 atom stereocenters. The minimum atomic E-state index is -0.208. The van der Waals surface area contributed by atoms with E-state index in [0.29, 0.717) is 0 Å². The van der Waals surface area contributed by atoms with Gasteiger partial charge in [-0.3, -0.25) is 9.97 Å². The standard InChI is InChI=1S/C49H36N2/c1-49(2)47-43(37-10-4-3-5-11-37)14-6-16-45(47)46-17-7-15-44(48(46)49)42-29-40(35-22-18-33(19-23-35)38-12-8-26-50-31-38)28-41(30-42)36-24-20-34(21-25-36)39-13-9-27-51-32-39/h3-32H,1-2H3. The van der Waals surface area contributed by atoms with E-state index in [9.17, 15) is 0 Å². The Morgan fingerprint density at radius 3 is 1.16 bits per heavy atom. The van der Waals surface area contributed by atoms with Gasteiger partial charge in [0.05, 0.1) is 0 Å². The fraction of sp³-hybridized carbons (Fsp3) is 0.0612. The highest BCUT2D eigenvalue weighted by Crippen LogP contribution is 2.55. The second-order valence-electron chi connectivity index (χ2n) is 13.9. The van der Waals surface area contributed by atoms with Crippen LogP contribution in [0, 0.1) is 0 Å². The molecule has 0 fully saturated rings. The second kappa shape index (κ2) is 12.5. The maximum atomic E-state index is 4.33. The largest absolute Gasteiger partial charge is 0.264 e. The van der Waals surface area contributed by atoms with Crippen molar-refractivity contribution in [3.05, 3.63) is 194 Å². The number of nitrogens with zero attached hydrogens (tertiary/aromatic N) is 2. The maximum Gasteiger partial charge on any atom is 0.0346 e. The van der Waals surface area contributed by atoms with Crippen LogP contribution in [-0.4, -0.2) is 9.97 Å². The van der Waals surface area contributed by atoms with Gasteiger partial charge in [-0.15, -0.1) is 0 Å². The normalized spacial score (nSPS) is 12.7. The van der Waals surface area contributed by atoms with Crippen LogP contribution in [0.2, 0.25) is 0 Å². The van der Waals surface area contributed by atoms with E-state index in [4.69, 9.17) is 0 Å². The van der Waals surface area contributed by atoms with Gasteiger partial charge in [0.15, 0.2) is 0 Å². The van der Waals surface area contributed by atoms with E-state index in [1.165, 1.54) is 66.8 Å². The lowest BCUT2D eigenvalue weighted by atomic mass is 9.76. The Balaban J connectivity index is 1.20. The minimum absolute atomic E-state index is 0.208. The Morgan fingerprint density at radius 2 is 0.706 bits per heavy atom. The third-order valence-corrected chi connectivity index (χ3v) is 10.4. The fourth-order valence-electron chi connectivity index (χ4n) is 8.02. The molecule has 0 unspecified atom stereocenters. The molecule has 242 valence electrons. The molecular formula is C49H36N2. The quantitative estimate of drug-likeness (QED) is 0.179. The summed E-state index contributed by atoms with van der Waals surface area (Å²) in [7, 11) is 0. The molecule has 2 aromatic heterocycles. The van der Waals surface area contributed by atoms with Crippen LogP contribution >= 0.6 is 0 Å². The number of fused-ring (bicyclic) bond motifs is 3. The summed E-state index contributed by atoms with van der Waals surface area (Å²) in [5.74, 6) is 0. The molecule has 0 saturated carbocycles. The first-order valence-corrected chi connectivity index (χ1v) is 17.5. The van der Waals surface area contributed by atoms with Crippen LogP contribution in [0.15, 0.2) is 183 Å². The van der Waals surface area contributed by atoms with Gasteiger partial charge < -0.3 is 0 Å². The first-order valence-electron chi connectivity index (χ1n) is 17.5. The molecule has 0 aliphatic heterocycles. The van der Waals surface area contributed by atoms with Gasteiger partial charge in [0.25, 0.3) is 0 Å². The van der Waals surface area contributed by atoms with E-state index in [1.807, 2.05) is 36.9 Å². The van der Waals surface area contributed by atoms with E-state index in [1.54, 1.807) is 0 Å². The molecular weight excluding hydrogens is 617 g/mol. The van der Waals surface area contributed by atoms with Crippen LogP contribution in [0.3, 0.4) is 0 Å². The summed E-state index contributed by atoms with van der Waals surface area (Å²) in [6.07, 6.45) is 7.47. The number of rotatable bonds is 6. The first kappa shape index (κ1) is 30.7. The molecule has 0 radical (unpaired) electrons. The van der Waals surface area contributed by atoms with Crippen LogP contribution in [0.25, 0.3) is 77.9 Å². The van der Waals surface area contributed by atoms with Crippen molar-refractivity contribution in [2.75, 3.05) is 0 Å². The summed E-state index contributed by atoms with van der Waals surface area (Å²) in [6, 6.07) is 57.5. The zero-order valence-corrected chi connectivity index (χ0v) is 28.7. The summed E-state index contributed by atoms with van der Waals surface area (Å²) in [5.41, 5.74) is 19.5.